The lowest BCUT2D eigenvalue weighted by molar-refractivity contribution is 0.0203. The van der Waals surface area contributed by atoms with Gasteiger partial charge in [0.05, 0.1) is 12.1 Å². The molecular weight excluding hydrogens is 494 g/mol. The van der Waals surface area contributed by atoms with E-state index < -0.39 is 13.9 Å². The molecule has 1 amide bonds. The minimum Gasteiger partial charge on any atom is -0.444 e. The average molecular weight is 525 g/mol. The Kier molecular flexibility index (Phi) is 6.61. The standard InChI is InChI=1S/C18H31Br2N3O3Si/c1-17(2,3)25-16(24)23-10-11(26-27(7,8)18(4,5)6)9-12(23)15-21-13(19)14(20)22-15/h11-12H,9-10H2,1-8H3,(H,21,22)/t11-,12+/m1/s1. The van der Waals surface area contributed by atoms with Crippen LogP contribution in [0.25, 0.3) is 0 Å². The summed E-state index contributed by atoms with van der Waals surface area (Å²) in [5.41, 5.74) is -0.551. The van der Waals surface area contributed by atoms with Gasteiger partial charge in [-0.15, -0.1) is 0 Å². The van der Waals surface area contributed by atoms with E-state index in [0.717, 1.165) is 10.4 Å². The topological polar surface area (TPSA) is 67.4 Å². The minimum atomic E-state index is -1.95. The zero-order valence-electron chi connectivity index (χ0n) is 17.4. The van der Waals surface area contributed by atoms with Gasteiger partial charge in [-0.25, -0.2) is 9.78 Å². The van der Waals surface area contributed by atoms with Gasteiger partial charge in [0.15, 0.2) is 8.32 Å². The summed E-state index contributed by atoms with van der Waals surface area (Å²) in [6, 6.07) is -0.211. The van der Waals surface area contributed by atoms with Gasteiger partial charge in [0, 0.05) is 13.0 Å². The Bertz CT molecular complexity index is 676. The van der Waals surface area contributed by atoms with Crippen LogP contribution in [0.3, 0.4) is 0 Å². The number of ether oxygens (including phenoxy) is 1. The van der Waals surface area contributed by atoms with E-state index in [4.69, 9.17) is 9.16 Å². The maximum atomic E-state index is 12.8. The second-order valence-electron chi connectivity index (χ2n) is 9.61. The van der Waals surface area contributed by atoms with E-state index in [0.29, 0.717) is 17.6 Å². The number of H-pyrrole nitrogens is 1. The number of aromatic nitrogens is 2. The summed E-state index contributed by atoms with van der Waals surface area (Å²) in [6.07, 6.45) is 0.321. The van der Waals surface area contributed by atoms with E-state index in [2.05, 4.69) is 75.7 Å². The van der Waals surface area contributed by atoms with Crippen molar-refractivity contribution in [3.8, 4) is 0 Å². The zero-order valence-corrected chi connectivity index (χ0v) is 21.6. The molecular formula is C18H31Br2N3O3Si. The second-order valence-corrected chi connectivity index (χ2v) is 15.9. The molecule has 2 rings (SSSR count). The first-order valence-corrected chi connectivity index (χ1v) is 13.7. The number of hydrogen-bond donors (Lipinski definition) is 1. The summed E-state index contributed by atoms with van der Waals surface area (Å²) in [7, 11) is -1.95. The number of carbonyl (C=O) groups excluding carboxylic acids is 1. The summed E-state index contributed by atoms with van der Waals surface area (Å²) in [5, 5.41) is 0.110. The van der Waals surface area contributed by atoms with E-state index in [1.54, 1.807) is 4.90 Å². The van der Waals surface area contributed by atoms with Gasteiger partial charge in [0.2, 0.25) is 0 Å². The molecule has 1 aromatic heterocycles. The number of nitrogens with zero attached hydrogens (tertiary/aromatic N) is 2. The molecule has 1 saturated heterocycles. The number of aromatic amines is 1. The predicted octanol–water partition coefficient (Wildman–Crippen LogP) is 6.01. The molecule has 0 spiro atoms. The average Bonchev–Trinajstić information content (AvgIpc) is 3.00. The molecule has 0 aromatic carbocycles. The van der Waals surface area contributed by atoms with Gasteiger partial charge in [-0.05, 0) is 70.8 Å². The molecule has 6 nitrogen and oxygen atoms in total. The Labute approximate surface area is 180 Å². The number of rotatable bonds is 3. The van der Waals surface area contributed by atoms with Crippen molar-refractivity contribution in [3.63, 3.8) is 0 Å². The van der Waals surface area contributed by atoms with Gasteiger partial charge in [-0.1, -0.05) is 20.8 Å². The first-order valence-electron chi connectivity index (χ1n) is 9.19. The Hall–Kier alpha value is -0.383. The van der Waals surface area contributed by atoms with Crippen molar-refractivity contribution >= 4 is 46.3 Å². The maximum Gasteiger partial charge on any atom is 0.411 e. The quantitative estimate of drug-likeness (QED) is 0.492. The van der Waals surface area contributed by atoms with Gasteiger partial charge in [-0.3, -0.25) is 4.90 Å². The van der Waals surface area contributed by atoms with Crippen molar-refractivity contribution in [1.82, 2.24) is 14.9 Å². The van der Waals surface area contributed by atoms with Crippen molar-refractivity contribution < 1.29 is 14.0 Å². The van der Waals surface area contributed by atoms with E-state index in [1.165, 1.54) is 0 Å². The van der Waals surface area contributed by atoms with Gasteiger partial charge >= 0.3 is 6.09 Å². The molecule has 1 N–H and O–H groups in total. The maximum absolute atomic E-state index is 12.8. The molecule has 0 radical (unpaired) electrons. The molecule has 27 heavy (non-hydrogen) atoms. The van der Waals surface area contributed by atoms with E-state index in [-0.39, 0.29) is 23.3 Å². The van der Waals surface area contributed by atoms with Crippen LogP contribution in [-0.4, -0.2) is 47.5 Å². The third-order valence-corrected chi connectivity index (χ3v) is 11.3. The van der Waals surface area contributed by atoms with Crippen molar-refractivity contribution in [2.75, 3.05) is 6.54 Å². The summed E-state index contributed by atoms with van der Waals surface area (Å²) >= 11 is 6.85. The molecule has 2 atom stereocenters. The number of imidazole rings is 1. The molecule has 154 valence electrons. The van der Waals surface area contributed by atoms with Gasteiger partial charge < -0.3 is 14.1 Å². The summed E-state index contributed by atoms with van der Waals surface area (Å²) < 4.78 is 13.7. The normalized spacial score (nSPS) is 21.6. The van der Waals surface area contributed by atoms with E-state index in [9.17, 15) is 4.79 Å². The van der Waals surface area contributed by atoms with E-state index >= 15 is 0 Å². The van der Waals surface area contributed by atoms with Crippen LogP contribution in [0.4, 0.5) is 4.79 Å². The number of carbonyl (C=O) groups is 1. The number of amides is 1. The van der Waals surface area contributed by atoms with Crippen molar-refractivity contribution in [2.45, 2.75) is 83.8 Å². The van der Waals surface area contributed by atoms with Crippen molar-refractivity contribution in [1.29, 1.82) is 0 Å². The number of likely N-dealkylation sites (tertiary alicyclic amines) is 1. The largest absolute Gasteiger partial charge is 0.444 e. The molecule has 0 unspecified atom stereocenters. The van der Waals surface area contributed by atoms with Crippen LogP contribution in [-0.2, 0) is 9.16 Å². The molecule has 0 bridgehead atoms. The van der Waals surface area contributed by atoms with Gasteiger partial charge in [0.25, 0.3) is 0 Å². The van der Waals surface area contributed by atoms with Crippen LogP contribution in [0.5, 0.6) is 0 Å². The molecule has 2 heterocycles. The highest BCUT2D eigenvalue weighted by Crippen LogP contribution is 2.41. The fourth-order valence-electron chi connectivity index (χ4n) is 2.76. The monoisotopic (exact) mass is 523 g/mol. The summed E-state index contributed by atoms with van der Waals surface area (Å²) in [5.74, 6) is 0.723. The molecule has 1 aliphatic rings. The Balaban J connectivity index is 2.27. The Morgan fingerprint density at radius 3 is 2.26 bits per heavy atom. The lowest BCUT2D eigenvalue weighted by Gasteiger charge is -2.38. The number of halogens is 2. The zero-order chi connectivity index (χ0) is 20.8. The van der Waals surface area contributed by atoms with Gasteiger partial charge in [-0.2, -0.15) is 0 Å². The van der Waals surface area contributed by atoms with Crippen LogP contribution in [0.1, 0.15) is 59.8 Å². The van der Waals surface area contributed by atoms with E-state index in [1.807, 2.05) is 20.8 Å². The first kappa shape index (κ1) is 22.9. The molecule has 1 aromatic rings. The third kappa shape index (κ3) is 5.58. The minimum absolute atomic E-state index is 0.0361. The Morgan fingerprint density at radius 2 is 1.81 bits per heavy atom. The van der Waals surface area contributed by atoms with Crippen LogP contribution >= 0.6 is 31.9 Å². The number of nitrogens with one attached hydrogen (secondary N) is 1. The second kappa shape index (κ2) is 7.80. The fraction of sp³-hybridized carbons (Fsp3) is 0.778. The lowest BCUT2D eigenvalue weighted by atomic mass is 10.2. The highest BCUT2D eigenvalue weighted by atomic mass is 79.9. The lowest BCUT2D eigenvalue weighted by Crippen LogP contribution is -2.45. The summed E-state index contributed by atoms with van der Waals surface area (Å²) in [6.45, 7) is 17.3. The highest BCUT2D eigenvalue weighted by Gasteiger charge is 2.45. The third-order valence-electron chi connectivity index (χ3n) is 5.11. The van der Waals surface area contributed by atoms with Gasteiger partial charge in [0.1, 0.15) is 20.6 Å². The van der Waals surface area contributed by atoms with Crippen LogP contribution in [0.15, 0.2) is 9.21 Å². The van der Waals surface area contributed by atoms with Crippen LogP contribution in [0, 0.1) is 0 Å². The molecule has 9 heteroatoms. The smallest absolute Gasteiger partial charge is 0.411 e. The molecule has 1 fully saturated rings. The number of hydrogen-bond acceptors (Lipinski definition) is 4. The molecule has 1 aliphatic heterocycles. The fourth-order valence-corrected chi connectivity index (χ4v) is 4.70. The van der Waals surface area contributed by atoms with Crippen molar-refractivity contribution in [2.24, 2.45) is 0 Å². The Morgan fingerprint density at radius 1 is 1.22 bits per heavy atom. The van der Waals surface area contributed by atoms with Crippen LogP contribution < -0.4 is 0 Å². The van der Waals surface area contributed by atoms with Crippen molar-refractivity contribution in [3.05, 3.63) is 15.0 Å². The SMILES string of the molecule is CC(C)(C)OC(=O)N1C[C@H](O[Si](C)(C)C(C)(C)C)C[C@H]1c1nc(Br)c(Br)[nH]1. The summed E-state index contributed by atoms with van der Waals surface area (Å²) in [4.78, 5) is 22.3. The molecule has 0 aliphatic carbocycles. The molecule has 0 saturated carbocycles. The van der Waals surface area contributed by atoms with Crippen LogP contribution in [0.2, 0.25) is 18.1 Å². The first-order chi connectivity index (χ1) is 12.1. The predicted molar refractivity (Wildman–Crippen MR) is 116 cm³/mol. The highest BCUT2D eigenvalue weighted by molar-refractivity contribution is 9.13.